The van der Waals surface area contributed by atoms with E-state index in [1.165, 1.54) is 0 Å². The summed E-state index contributed by atoms with van der Waals surface area (Å²) in [6.45, 7) is 5.01. The zero-order chi connectivity index (χ0) is 19.7. The van der Waals surface area contributed by atoms with E-state index >= 15 is 0 Å². The summed E-state index contributed by atoms with van der Waals surface area (Å²) >= 11 is 0. The van der Waals surface area contributed by atoms with E-state index in [0.29, 0.717) is 24.2 Å². The molecule has 0 amide bonds. The first kappa shape index (κ1) is 24.4. The first-order valence-corrected chi connectivity index (χ1v) is 10.5. The van der Waals surface area contributed by atoms with Crippen LogP contribution in [-0.2, 0) is 23.1 Å². The maximum atomic E-state index is 12.1. The number of sulfonamides is 1. The Kier molecular flexibility index (Phi) is 10.5. The Hall–Kier alpha value is -1.66. The molecule has 2 aromatic rings. The van der Waals surface area contributed by atoms with Crippen molar-refractivity contribution < 1.29 is 12.9 Å². The zero-order valence-electron chi connectivity index (χ0n) is 16.3. The standard InChI is InChI=1S/C18H27N5O3S.HI/c1-14(2)17-11-16(26-23-17)13-21-18(19-3)20-9-10-27(24,25)22-12-15-7-5-4-6-8-15;/h4-8,11,14,22H,9-10,12-13H2,1-3H3,(H2,19,20,21);1H. The van der Waals surface area contributed by atoms with E-state index in [2.05, 4.69) is 25.5 Å². The highest BCUT2D eigenvalue weighted by Gasteiger charge is 2.11. The van der Waals surface area contributed by atoms with Gasteiger partial charge in [0.15, 0.2) is 11.7 Å². The van der Waals surface area contributed by atoms with Gasteiger partial charge in [-0.05, 0) is 11.5 Å². The van der Waals surface area contributed by atoms with Gasteiger partial charge in [0.25, 0.3) is 0 Å². The molecule has 10 heteroatoms. The summed E-state index contributed by atoms with van der Waals surface area (Å²) < 4.78 is 32.0. The molecule has 156 valence electrons. The number of halogens is 1. The van der Waals surface area contributed by atoms with E-state index in [4.69, 9.17) is 4.52 Å². The lowest BCUT2D eigenvalue weighted by Gasteiger charge is -2.11. The van der Waals surface area contributed by atoms with Gasteiger partial charge in [0.1, 0.15) is 0 Å². The van der Waals surface area contributed by atoms with Gasteiger partial charge in [-0.3, -0.25) is 4.99 Å². The lowest BCUT2D eigenvalue weighted by atomic mass is 10.1. The van der Waals surface area contributed by atoms with Crippen LogP contribution in [0.25, 0.3) is 0 Å². The molecule has 0 bridgehead atoms. The van der Waals surface area contributed by atoms with Gasteiger partial charge < -0.3 is 15.2 Å². The molecule has 0 aliphatic heterocycles. The lowest BCUT2D eigenvalue weighted by Crippen LogP contribution is -2.40. The number of benzene rings is 1. The van der Waals surface area contributed by atoms with E-state index in [0.717, 1.165) is 11.3 Å². The maximum Gasteiger partial charge on any atom is 0.213 e. The van der Waals surface area contributed by atoms with Gasteiger partial charge in [-0.25, -0.2) is 13.1 Å². The molecular weight excluding hydrogens is 493 g/mol. The van der Waals surface area contributed by atoms with E-state index in [9.17, 15) is 8.42 Å². The normalized spacial score (nSPS) is 11.9. The van der Waals surface area contributed by atoms with Crippen molar-refractivity contribution in [2.75, 3.05) is 19.3 Å². The fourth-order valence-electron chi connectivity index (χ4n) is 2.24. The predicted molar refractivity (Wildman–Crippen MR) is 121 cm³/mol. The van der Waals surface area contributed by atoms with Crippen LogP contribution in [0, 0.1) is 0 Å². The van der Waals surface area contributed by atoms with Crippen molar-refractivity contribution in [2.24, 2.45) is 4.99 Å². The summed E-state index contributed by atoms with van der Waals surface area (Å²) in [5.74, 6) is 1.43. The molecule has 1 aromatic heterocycles. The Morgan fingerprint density at radius 2 is 1.89 bits per heavy atom. The Labute approximate surface area is 183 Å². The van der Waals surface area contributed by atoms with Crippen LogP contribution in [0.1, 0.15) is 36.8 Å². The molecule has 0 fully saturated rings. The number of aromatic nitrogens is 1. The Balaban J connectivity index is 0.00000392. The number of hydrogen-bond donors (Lipinski definition) is 3. The predicted octanol–water partition coefficient (Wildman–Crippen LogP) is 2.20. The monoisotopic (exact) mass is 521 g/mol. The lowest BCUT2D eigenvalue weighted by molar-refractivity contribution is 0.372. The highest BCUT2D eigenvalue weighted by Crippen LogP contribution is 2.13. The second-order valence-corrected chi connectivity index (χ2v) is 8.28. The first-order valence-electron chi connectivity index (χ1n) is 8.81. The van der Waals surface area contributed by atoms with Crippen LogP contribution in [0.2, 0.25) is 0 Å². The van der Waals surface area contributed by atoms with Crippen molar-refractivity contribution in [1.82, 2.24) is 20.5 Å². The average Bonchev–Trinajstić information content (AvgIpc) is 3.13. The summed E-state index contributed by atoms with van der Waals surface area (Å²) in [6.07, 6.45) is 0. The van der Waals surface area contributed by atoms with Gasteiger partial charge in [-0.15, -0.1) is 24.0 Å². The summed E-state index contributed by atoms with van der Waals surface area (Å²) in [5.41, 5.74) is 1.81. The summed E-state index contributed by atoms with van der Waals surface area (Å²) in [5, 5.41) is 10.0. The third-order valence-electron chi connectivity index (χ3n) is 3.82. The zero-order valence-corrected chi connectivity index (χ0v) is 19.5. The molecule has 28 heavy (non-hydrogen) atoms. The van der Waals surface area contributed by atoms with Crippen LogP contribution >= 0.6 is 24.0 Å². The molecular formula is C18H28IN5O3S. The molecule has 8 nitrogen and oxygen atoms in total. The molecule has 0 aliphatic carbocycles. The smallest absolute Gasteiger partial charge is 0.213 e. The fraction of sp³-hybridized carbons (Fsp3) is 0.444. The van der Waals surface area contributed by atoms with Crippen molar-refractivity contribution in [2.45, 2.75) is 32.9 Å². The largest absolute Gasteiger partial charge is 0.359 e. The quantitative estimate of drug-likeness (QED) is 0.265. The minimum absolute atomic E-state index is 0. The van der Waals surface area contributed by atoms with Crippen molar-refractivity contribution >= 4 is 40.0 Å². The molecule has 1 heterocycles. The third-order valence-corrected chi connectivity index (χ3v) is 5.15. The number of nitrogens with zero attached hydrogens (tertiary/aromatic N) is 2. The SMILES string of the molecule is CN=C(NCCS(=O)(=O)NCc1ccccc1)NCc1cc(C(C)C)no1.I. The van der Waals surface area contributed by atoms with Crippen LogP contribution < -0.4 is 15.4 Å². The topological polar surface area (TPSA) is 109 Å². The number of rotatable bonds is 9. The van der Waals surface area contributed by atoms with Crippen molar-refractivity contribution in [3.05, 3.63) is 53.4 Å². The third kappa shape index (κ3) is 8.57. The Morgan fingerprint density at radius 1 is 1.18 bits per heavy atom. The van der Waals surface area contributed by atoms with Crippen molar-refractivity contribution in [3.8, 4) is 0 Å². The maximum absolute atomic E-state index is 12.1. The van der Waals surface area contributed by atoms with Crippen molar-refractivity contribution in [1.29, 1.82) is 0 Å². The molecule has 0 spiro atoms. The van der Waals surface area contributed by atoms with Gasteiger partial charge in [-0.2, -0.15) is 0 Å². The number of aliphatic imine (C=N–C) groups is 1. The highest BCUT2D eigenvalue weighted by atomic mass is 127. The van der Waals surface area contributed by atoms with E-state index < -0.39 is 10.0 Å². The molecule has 0 aliphatic rings. The fourth-order valence-corrected chi connectivity index (χ4v) is 3.14. The summed E-state index contributed by atoms with van der Waals surface area (Å²) in [6, 6.07) is 11.3. The Bertz CT molecular complexity index is 838. The summed E-state index contributed by atoms with van der Waals surface area (Å²) in [4.78, 5) is 4.08. The van der Waals surface area contributed by atoms with Crippen molar-refractivity contribution in [3.63, 3.8) is 0 Å². The van der Waals surface area contributed by atoms with E-state index in [1.54, 1.807) is 7.05 Å². The molecule has 1 aromatic carbocycles. The van der Waals surface area contributed by atoms with E-state index in [1.807, 2.05) is 50.2 Å². The second kappa shape index (κ2) is 12.0. The molecule has 0 radical (unpaired) electrons. The van der Waals surface area contributed by atoms with Crippen LogP contribution in [0.15, 0.2) is 45.9 Å². The Morgan fingerprint density at radius 3 is 2.50 bits per heavy atom. The highest BCUT2D eigenvalue weighted by molar-refractivity contribution is 14.0. The van der Waals surface area contributed by atoms with Crippen LogP contribution in [-0.4, -0.2) is 38.9 Å². The summed E-state index contributed by atoms with van der Waals surface area (Å²) in [7, 11) is -1.76. The molecule has 0 saturated carbocycles. The van der Waals surface area contributed by atoms with Gasteiger partial charge in [0, 0.05) is 26.2 Å². The van der Waals surface area contributed by atoms with Gasteiger partial charge in [0.2, 0.25) is 10.0 Å². The van der Waals surface area contributed by atoms with Gasteiger partial charge in [-0.1, -0.05) is 49.3 Å². The number of guanidine groups is 1. The molecule has 0 unspecified atom stereocenters. The van der Waals surface area contributed by atoms with Crippen LogP contribution in [0.3, 0.4) is 0 Å². The van der Waals surface area contributed by atoms with E-state index in [-0.39, 0.29) is 42.8 Å². The van der Waals surface area contributed by atoms with Gasteiger partial charge >= 0.3 is 0 Å². The van der Waals surface area contributed by atoms with Gasteiger partial charge in [0.05, 0.1) is 18.0 Å². The number of nitrogens with one attached hydrogen (secondary N) is 3. The molecule has 2 rings (SSSR count). The average molecular weight is 521 g/mol. The minimum Gasteiger partial charge on any atom is -0.359 e. The number of hydrogen-bond acceptors (Lipinski definition) is 5. The second-order valence-electron chi connectivity index (χ2n) is 6.35. The molecule has 3 N–H and O–H groups in total. The molecule has 0 saturated heterocycles. The van der Waals surface area contributed by atoms with Crippen LogP contribution in [0.5, 0.6) is 0 Å². The van der Waals surface area contributed by atoms with Crippen LogP contribution in [0.4, 0.5) is 0 Å². The minimum atomic E-state index is -3.38. The first-order chi connectivity index (χ1) is 12.9. The molecule has 0 atom stereocenters.